The summed E-state index contributed by atoms with van der Waals surface area (Å²) in [5, 5.41) is 0. The highest BCUT2D eigenvalue weighted by Crippen LogP contribution is 2.15. The summed E-state index contributed by atoms with van der Waals surface area (Å²) in [6.07, 6.45) is 28.8. The Balaban J connectivity index is 2.96. The molecule has 0 unspecified atom stereocenters. The first-order chi connectivity index (χ1) is 12.3. The molecule has 0 aromatic carbocycles. The number of unbranched alkanes of at least 4 members (excludes halogenated alkanes) is 18. The molecule has 0 fully saturated rings. The van der Waals surface area contributed by atoms with Crippen LogP contribution in [0.3, 0.4) is 0 Å². The molecule has 0 rings (SSSR count). The molecule has 0 N–H and O–H groups in total. The van der Waals surface area contributed by atoms with Gasteiger partial charge in [0.05, 0.1) is 0 Å². The second-order valence-electron chi connectivity index (χ2n) is 8.59. The van der Waals surface area contributed by atoms with Gasteiger partial charge in [0.15, 0.2) is 0 Å². The van der Waals surface area contributed by atoms with Crippen molar-refractivity contribution in [3.05, 3.63) is 0 Å². The van der Waals surface area contributed by atoms with E-state index < -0.39 is 0 Å². The Morgan fingerprint density at radius 1 is 0.400 bits per heavy atom. The lowest BCUT2D eigenvalue weighted by molar-refractivity contribution is 0.501. The number of hydrogen-bond donors (Lipinski definition) is 0. The Morgan fingerprint density at radius 2 is 0.640 bits per heavy atom. The molecule has 0 amide bonds. The molecule has 0 aromatic heterocycles. The maximum Gasteiger partial charge on any atom is 0.0223 e. The average molecular weight is 373 g/mol. The molecule has 0 heterocycles. The third kappa shape index (κ3) is 24.3. The van der Waals surface area contributed by atoms with Crippen LogP contribution in [0.4, 0.5) is 0 Å². The summed E-state index contributed by atoms with van der Waals surface area (Å²) < 4.78 is 0. The van der Waals surface area contributed by atoms with E-state index in [0.29, 0.717) is 0 Å². The van der Waals surface area contributed by atoms with Crippen LogP contribution in [-0.4, -0.2) is 5.88 Å². The molecule has 0 aliphatic rings. The molecule has 0 bridgehead atoms. The summed E-state index contributed by atoms with van der Waals surface area (Å²) in [5.74, 6) is 1.74. The van der Waals surface area contributed by atoms with Crippen molar-refractivity contribution in [1.29, 1.82) is 0 Å². The quantitative estimate of drug-likeness (QED) is 0.139. The van der Waals surface area contributed by atoms with Crippen LogP contribution in [0.1, 0.15) is 142 Å². The van der Waals surface area contributed by atoms with Gasteiger partial charge in [-0.3, -0.25) is 0 Å². The third-order valence-corrected chi connectivity index (χ3v) is 5.68. The highest BCUT2D eigenvalue weighted by Gasteiger charge is 1.96. The van der Waals surface area contributed by atoms with Crippen molar-refractivity contribution in [2.45, 2.75) is 142 Å². The number of alkyl halides is 1. The van der Waals surface area contributed by atoms with Crippen LogP contribution in [0, 0.1) is 5.92 Å². The van der Waals surface area contributed by atoms with Crippen molar-refractivity contribution in [2.24, 2.45) is 5.92 Å². The van der Waals surface area contributed by atoms with E-state index in [1.54, 1.807) is 0 Å². The summed E-state index contributed by atoms with van der Waals surface area (Å²) in [7, 11) is 0. The fourth-order valence-corrected chi connectivity index (χ4v) is 3.84. The van der Waals surface area contributed by atoms with Crippen molar-refractivity contribution >= 4 is 11.6 Å². The highest BCUT2D eigenvalue weighted by molar-refractivity contribution is 6.17. The van der Waals surface area contributed by atoms with E-state index in [0.717, 1.165) is 11.8 Å². The van der Waals surface area contributed by atoms with Gasteiger partial charge in [-0.25, -0.2) is 0 Å². The number of halogens is 1. The van der Waals surface area contributed by atoms with Crippen LogP contribution in [0.25, 0.3) is 0 Å². The van der Waals surface area contributed by atoms with Gasteiger partial charge >= 0.3 is 0 Å². The van der Waals surface area contributed by atoms with Gasteiger partial charge in [-0.05, 0) is 12.3 Å². The summed E-state index contributed by atoms with van der Waals surface area (Å²) in [5.41, 5.74) is 0. The van der Waals surface area contributed by atoms with E-state index in [1.807, 2.05) is 0 Å². The lowest BCUT2D eigenvalue weighted by Gasteiger charge is -2.05. The Morgan fingerprint density at radius 3 is 0.880 bits per heavy atom. The first kappa shape index (κ1) is 25.3. The van der Waals surface area contributed by atoms with Gasteiger partial charge in [0.25, 0.3) is 0 Å². The van der Waals surface area contributed by atoms with Gasteiger partial charge in [-0.2, -0.15) is 0 Å². The van der Waals surface area contributed by atoms with Gasteiger partial charge in [0.1, 0.15) is 0 Å². The maximum absolute atomic E-state index is 5.69. The van der Waals surface area contributed by atoms with Crippen LogP contribution in [0.2, 0.25) is 0 Å². The molecule has 1 heteroatoms. The molecule has 0 aromatic rings. The predicted octanol–water partition coefficient (Wildman–Crippen LogP) is 9.68. The first-order valence-corrected chi connectivity index (χ1v) is 12.4. The Bertz CT molecular complexity index is 224. The Hall–Kier alpha value is 0.290. The van der Waals surface area contributed by atoms with E-state index in [1.165, 1.54) is 128 Å². The van der Waals surface area contributed by atoms with Gasteiger partial charge in [-0.15, -0.1) is 11.6 Å². The van der Waals surface area contributed by atoms with Gasteiger partial charge < -0.3 is 0 Å². The third-order valence-electron chi connectivity index (χ3n) is 5.42. The minimum atomic E-state index is 0.846. The summed E-state index contributed by atoms with van der Waals surface area (Å²) in [4.78, 5) is 0. The van der Waals surface area contributed by atoms with E-state index in [4.69, 9.17) is 11.6 Å². The smallest absolute Gasteiger partial charge is 0.0223 e. The number of hydrogen-bond acceptors (Lipinski definition) is 0. The van der Waals surface area contributed by atoms with Crippen molar-refractivity contribution in [1.82, 2.24) is 0 Å². The van der Waals surface area contributed by atoms with Crippen molar-refractivity contribution < 1.29 is 0 Å². The molecule has 0 saturated carbocycles. The minimum absolute atomic E-state index is 0.846. The first-order valence-electron chi connectivity index (χ1n) is 11.8. The van der Waals surface area contributed by atoms with Crippen LogP contribution in [0.5, 0.6) is 0 Å². The fourth-order valence-electron chi connectivity index (χ4n) is 3.65. The molecular formula is C24H49Cl. The van der Waals surface area contributed by atoms with Crippen molar-refractivity contribution in [3.63, 3.8) is 0 Å². The molecular weight excluding hydrogens is 324 g/mol. The highest BCUT2D eigenvalue weighted by atomic mass is 35.5. The number of rotatable bonds is 21. The molecule has 0 aliphatic heterocycles. The zero-order valence-corrected chi connectivity index (χ0v) is 18.6. The predicted molar refractivity (Wildman–Crippen MR) is 118 cm³/mol. The van der Waals surface area contributed by atoms with E-state index >= 15 is 0 Å². The van der Waals surface area contributed by atoms with Gasteiger partial charge in [-0.1, -0.05) is 136 Å². The van der Waals surface area contributed by atoms with Crippen LogP contribution < -0.4 is 0 Å². The summed E-state index contributed by atoms with van der Waals surface area (Å²) in [6, 6.07) is 0. The Labute approximate surface area is 165 Å². The fraction of sp³-hybridized carbons (Fsp3) is 1.00. The van der Waals surface area contributed by atoms with Crippen molar-refractivity contribution in [3.8, 4) is 0 Å². The van der Waals surface area contributed by atoms with Crippen LogP contribution in [-0.2, 0) is 0 Å². The molecule has 0 nitrogen and oxygen atoms in total. The van der Waals surface area contributed by atoms with Gasteiger partial charge in [0.2, 0.25) is 0 Å². The lowest BCUT2D eigenvalue weighted by Crippen LogP contribution is -1.87. The zero-order chi connectivity index (χ0) is 18.4. The second kappa shape index (κ2) is 22.3. The van der Waals surface area contributed by atoms with Crippen LogP contribution >= 0.6 is 11.6 Å². The summed E-state index contributed by atoms with van der Waals surface area (Å²) >= 11 is 5.69. The van der Waals surface area contributed by atoms with E-state index in [2.05, 4.69) is 13.8 Å². The maximum atomic E-state index is 5.69. The van der Waals surface area contributed by atoms with Crippen LogP contribution in [0.15, 0.2) is 0 Å². The van der Waals surface area contributed by atoms with E-state index in [9.17, 15) is 0 Å². The standard InChI is InChI=1S/C24H49Cl/c1-24(2)22-20-18-16-14-12-10-8-6-4-3-5-7-9-11-13-15-17-19-21-23-25/h24H,3-23H2,1-2H3. The SMILES string of the molecule is CC(C)CCCCCCCCCCCCCCCCCCCCCCl. The molecule has 0 atom stereocenters. The molecule has 0 saturated heterocycles. The lowest BCUT2D eigenvalue weighted by atomic mass is 10.0. The molecule has 0 radical (unpaired) electrons. The molecule has 25 heavy (non-hydrogen) atoms. The topological polar surface area (TPSA) is 0 Å². The monoisotopic (exact) mass is 372 g/mol. The molecule has 0 aliphatic carbocycles. The van der Waals surface area contributed by atoms with Crippen molar-refractivity contribution in [2.75, 3.05) is 5.88 Å². The summed E-state index contributed by atoms with van der Waals surface area (Å²) in [6.45, 7) is 4.68. The second-order valence-corrected chi connectivity index (χ2v) is 8.97. The van der Waals surface area contributed by atoms with E-state index in [-0.39, 0.29) is 0 Å². The van der Waals surface area contributed by atoms with Gasteiger partial charge in [0, 0.05) is 5.88 Å². The average Bonchev–Trinajstić information content (AvgIpc) is 2.60. The largest absolute Gasteiger partial charge is 0.127 e. The molecule has 0 spiro atoms. The Kier molecular flexibility index (Phi) is 22.6. The normalized spacial score (nSPS) is 11.5. The molecule has 152 valence electrons. The minimum Gasteiger partial charge on any atom is -0.127 e. The zero-order valence-electron chi connectivity index (χ0n) is 17.8.